The number of aliphatic hydroxyl groups excluding tert-OH is 2. The van der Waals surface area contributed by atoms with Crippen LogP contribution in [0.4, 0.5) is 0 Å². The van der Waals surface area contributed by atoms with E-state index in [2.05, 4.69) is 15.0 Å². The standard InChI is InChI=1S/C18H23N5O4/c1-26-14-13(25)12(8-24)27-17(14)23-10-21-15-16(23)20-9-22-18(15,19)7-11-5-3-2-4-6-11/h2-6,9,12-14,17,24-25H,7-8,10,19H2,1H3/t12-,13-,14-,17-,18?/m1/s1. The Morgan fingerprint density at radius 3 is 2.85 bits per heavy atom. The predicted octanol–water partition coefficient (Wildman–Crippen LogP) is -0.868. The second-order valence-corrected chi connectivity index (χ2v) is 6.84. The lowest BCUT2D eigenvalue weighted by Gasteiger charge is -2.33. The molecule has 5 atom stereocenters. The molecule has 9 heteroatoms. The van der Waals surface area contributed by atoms with Crippen LogP contribution < -0.4 is 5.73 Å². The summed E-state index contributed by atoms with van der Waals surface area (Å²) in [6.07, 6.45) is -1.02. The summed E-state index contributed by atoms with van der Waals surface area (Å²) >= 11 is 0. The first kappa shape index (κ1) is 18.2. The molecule has 3 heterocycles. The summed E-state index contributed by atoms with van der Waals surface area (Å²) in [4.78, 5) is 15.1. The van der Waals surface area contributed by atoms with Crippen LogP contribution in [0.1, 0.15) is 5.56 Å². The van der Waals surface area contributed by atoms with Gasteiger partial charge in [-0.3, -0.25) is 4.99 Å². The second kappa shape index (κ2) is 7.10. The third-order valence-corrected chi connectivity index (χ3v) is 5.13. The highest BCUT2D eigenvalue weighted by Gasteiger charge is 2.51. The maximum atomic E-state index is 10.3. The average Bonchev–Trinajstić information content (AvgIpc) is 3.24. The fraction of sp³-hybridized carbons (Fsp3) is 0.500. The first-order chi connectivity index (χ1) is 13.1. The Kier molecular flexibility index (Phi) is 4.79. The lowest BCUT2D eigenvalue weighted by molar-refractivity contribution is -0.0765. The molecule has 1 fully saturated rings. The molecule has 1 aromatic carbocycles. The van der Waals surface area contributed by atoms with Gasteiger partial charge in [-0.05, 0) is 5.56 Å². The monoisotopic (exact) mass is 373 g/mol. The van der Waals surface area contributed by atoms with Gasteiger partial charge in [0.1, 0.15) is 37.0 Å². The molecule has 0 saturated carbocycles. The van der Waals surface area contributed by atoms with Crippen LogP contribution >= 0.6 is 0 Å². The number of fused-ring (bicyclic) bond motifs is 1. The molecular formula is C18H23N5O4. The van der Waals surface area contributed by atoms with Gasteiger partial charge in [0.05, 0.1) is 6.61 Å². The summed E-state index contributed by atoms with van der Waals surface area (Å²) in [5, 5.41) is 19.7. The van der Waals surface area contributed by atoms with Crippen molar-refractivity contribution < 1.29 is 19.7 Å². The number of methoxy groups -OCH3 is 1. The van der Waals surface area contributed by atoms with Gasteiger partial charge in [0, 0.05) is 13.5 Å². The molecule has 0 amide bonds. The fourth-order valence-corrected chi connectivity index (χ4v) is 3.75. The highest BCUT2D eigenvalue weighted by atomic mass is 16.6. The van der Waals surface area contributed by atoms with Crippen molar-refractivity contribution in [2.75, 3.05) is 20.4 Å². The largest absolute Gasteiger partial charge is 0.394 e. The van der Waals surface area contributed by atoms with Gasteiger partial charge in [-0.25, -0.2) is 9.98 Å². The number of amidine groups is 1. The van der Waals surface area contributed by atoms with Gasteiger partial charge in [-0.15, -0.1) is 0 Å². The first-order valence-electron chi connectivity index (χ1n) is 8.81. The quantitative estimate of drug-likeness (QED) is 0.616. The Bertz CT molecular complexity index is 783. The number of hydrogen-bond acceptors (Lipinski definition) is 9. The number of nitrogens with zero attached hydrogens (tertiary/aromatic N) is 4. The van der Waals surface area contributed by atoms with Crippen molar-refractivity contribution in [3.8, 4) is 0 Å². The van der Waals surface area contributed by atoms with E-state index in [9.17, 15) is 10.2 Å². The zero-order chi connectivity index (χ0) is 19.0. The number of benzene rings is 1. The molecule has 144 valence electrons. The van der Waals surface area contributed by atoms with Crippen molar-refractivity contribution in [1.29, 1.82) is 0 Å². The molecule has 27 heavy (non-hydrogen) atoms. The molecule has 4 N–H and O–H groups in total. The van der Waals surface area contributed by atoms with Gasteiger partial charge in [-0.1, -0.05) is 30.3 Å². The summed E-state index contributed by atoms with van der Waals surface area (Å²) in [6.45, 7) is -0.0392. The Balaban J connectivity index is 1.58. The number of aliphatic imine (C=N–C) groups is 3. The smallest absolute Gasteiger partial charge is 0.162 e. The van der Waals surface area contributed by atoms with Crippen molar-refractivity contribution in [3.05, 3.63) is 35.9 Å². The topological polar surface area (TPSA) is 125 Å². The van der Waals surface area contributed by atoms with E-state index in [1.54, 1.807) is 4.90 Å². The summed E-state index contributed by atoms with van der Waals surface area (Å²) in [5.41, 5.74) is 7.18. The van der Waals surface area contributed by atoms with Gasteiger partial charge >= 0.3 is 0 Å². The summed E-state index contributed by atoms with van der Waals surface area (Å²) in [5.74, 6) is 0.557. The van der Waals surface area contributed by atoms with Gasteiger partial charge in [-0.2, -0.15) is 0 Å². The molecule has 1 unspecified atom stereocenters. The second-order valence-electron chi connectivity index (χ2n) is 6.84. The van der Waals surface area contributed by atoms with E-state index in [1.165, 1.54) is 13.4 Å². The lowest BCUT2D eigenvalue weighted by atomic mass is 9.94. The van der Waals surface area contributed by atoms with Crippen LogP contribution in [-0.4, -0.2) is 83.6 Å². The number of rotatable bonds is 5. The molecule has 0 bridgehead atoms. The lowest BCUT2D eigenvalue weighted by Crippen LogP contribution is -2.56. The number of ether oxygens (including phenoxy) is 2. The highest BCUT2D eigenvalue weighted by Crippen LogP contribution is 2.31. The zero-order valence-corrected chi connectivity index (χ0v) is 15.0. The summed E-state index contributed by atoms with van der Waals surface area (Å²) < 4.78 is 11.2. The minimum atomic E-state index is -1.02. The van der Waals surface area contributed by atoms with Crippen LogP contribution in [-0.2, 0) is 15.9 Å². The Morgan fingerprint density at radius 2 is 2.15 bits per heavy atom. The average molecular weight is 373 g/mol. The molecule has 0 spiro atoms. The predicted molar refractivity (Wildman–Crippen MR) is 99.7 cm³/mol. The third-order valence-electron chi connectivity index (χ3n) is 5.13. The van der Waals surface area contributed by atoms with Gasteiger partial charge < -0.3 is 30.3 Å². The molecular weight excluding hydrogens is 350 g/mol. The van der Waals surface area contributed by atoms with Crippen LogP contribution in [0, 0.1) is 0 Å². The molecule has 9 nitrogen and oxygen atoms in total. The number of nitrogens with two attached hydrogens (primary N) is 1. The SMILES string of the molecule is CO[C@@H]1[C@H](O)[C@@H](CO)O[C@H]1N1CN=C2C1=NC=NC2(N)Cc1ccccc1. The Labute approximate surface area is 156 Å². The maximum Gasteiger partial charge on any atom is 0.162 e. The van der Waals surface area contributed by atoms with E-state index in [4.69, 9.17) is 15.2 Å². The molecule has 0 aromatic heterocycles. The molecule has 0 aliphatic carbocycles. The first-order valence-corrected chi connectivity index (χ1v) is 8.81. The zero-order valence-electron chi connectivity index (χ0n) is 15.0. The third kappa shape index (κ3) is 3.07. The van der Waals surface area contributed by atoms with Crippen LogP contribution in [0.2, 0.25) is 0 Å². The molecule has 3 aliphatic heterocycles. The minimum absolute atomic E-state index is 0.265. The van der Waals surface area contributed by atoms with Crippen molar-refractivity contribution in [1.82, 2.24) is 4.90 Å². The van der Waals surface area contributed by atoms with Gasteiger partial charge in [0.15, 0.2) is 17.7 Å². The van der Waals surface area contributed by atoms with E-state index < -0.39 is 30.2 Å². The van der Waals surface area contributed by atoms with Crippen molar-refractivity contribution in [3.63, 3.8) is 0 Å². The number of aliphatic hydroxyl groups is 2. The van der Waals surface area contributed by atoms with E-state index in [1.807, 2.05) is 30.3 Å². The highest BCUT2D eigenvalue weighted by molar-refractivity contribution is 6.47. The Morgan fingerprint density at radius 1 is 1.37 bits per heavy atom. The normalized spacial score (nSPS) is 35.2. The summed E-state index contributed by atoms with van der Waals surface area (Å²) in [6, 6.07) is 9.84. The van der Waals surface area contributed by atoms with Crippen LogP contribution in [0.15, 0.2) is 45.3 Å². The molecule has 1 aromatic rings. The van der Waals surface area contributed by atoms with Gasteiger partial charge in [0.25, 0.3) is 0 Å². The maximum absolute atomic E-state index is 10.3. The van der Waals surface area contributed by atoms with Gasteiger partial charge in [0.2, 0.25) is 0 Å². The van der Waals surface area contributed by atoms with Crippen molar-refractivity contribution >= 4 is 17.9 Å². The van der Waals surface area contributed by atoms with Crippen LogP contribution in [0.25, 0.3) is 0 Å². The van der Waals surface area contributed by atoms with Crippen LogP contribution in [0.5, 0.6) is 0 Å². The van der Waals surface area contributed by atoms with Crippen molar-refractivity contribution in [2.45, 2.75) is 36.6 Å². The summed E-state index contributed by atoms with van der Waals surface area (Å²) in [7, 11) is 1.49. The molecule has 0 radical (unpaired) electrons. The van der Waals surface area contributed by atoms with Crippen LogP contribution in [0.3, 0.4) is 0 Å². The molecule has 1 saturated heterocycles. The van der Waals surface area contributed by atoms with Crippen molar-refractivity contribution in [2.24, 2.45) is 20.7 Å². The van der Waals surface area contributed by atoms with E-state index in [0.717, 1.165) is 5.56 Å². The fourth-order valence-electron chi connectivity index (χ4n) is 3.75. The minimum Gasteiger partial charge on any atom is -0.394 e. The Hall–Kier alpha value is -2.17. The van der Waals surface area contributed by atoms with E-state index in [-0.39, 0.29) is 13.3 Å². The van der Waals surface area contributed by atoms with E-state index in [0.29, 0.717) is 18.0 Å². The number of hydrogen-bond donors (Lipinski definition) is 3. The van der Waals surface area contributed by atoms with E-state index >= 15 is 0 Å². The molecule has 4 rings (SSSR count). The molecule has 3 aliphatic rings.